The standard InChI is InChI=1S/C21H17ClN4O5S/c1-28-16-10-17(29-2)13(9-12(16)22)23-18(27)11-32-21-24-19(14-5-3-7-30-14)20(25-26-21)15-6-4-8-31-15/h3-10H,11H2,1-2H3,(H,23,27). The number of methoxy groups -OCH3 is 2. The molecule has 164 valence electrons. The zero-order chi connectivity index (χ0) is 22.5. The highest BCUT2D eigenvalue weighted by Crippen LogP contribution is 2.36. The van der Waals surface area contributed by atoms with E-state index in [0.29, 0.717) is 50.3 Å². The number of aromatic nitrogens is 3. The molecule has 0 aliphatic rings. The van der Waals surface area contributed by atoms with Gasteiger partial charge < -0.3 is 23.6 Å². The van der Waals surface area contributed by atoms with Crippen LogP contribution in [0, 0.1) is 0 Å². The third kappa shape index (κ3) is 4.71. The molecule has 0 unspecified atom stereocenters. The van der Waals surface area contributed by atoms with Gasteiger partial charge in [-0.2, -0.15) is 0 Å². The van der Waals surface area contributed by atoms with Crippen LogP contribution < -0.4 is 14.8 Å². The fourth-order valence-corrected chi connectivity index (χ4v) is 3.64. The van der Waals surface area contributed by atoms with Crippen LogP contribution in [-0.2, 0) is 4.79 Å². The van der Waals surface area contributed by atoms with E-state index in [9.17, 15) is 4.79 Å². The monoisotopic (exact) mass is 472 g/mol. The van der Waals surface area contributed by atoms with E-state index in [1.54, 1.807) is 36.4 Å². The van der Waals surface area contributed by atoms with Crippen LogP contribution in [0.25, 0.3) is 22.9 Å². The Labute approximate surface area is 192 Å². The number of hydrogen-bond acceptors (Lipinski definition) is 9. The summed E-state index contributed by atoms with van der Waals surface area (Å²) in [7, 11) is 2.99. The van der Waals surface area contributed by atoms with Gasteiger partial charge in [-0.1, -0.05) is 23.4 Å². The molecule has 11 heteroatoms. The first-order valence-corrected chi connectivity index (χ1v) is 10.6. The molecule has 0 saturated carbocycles. The van der Waals surface area contributed by atoms with Gasteiger partial charge in [0.2, 0.25) is 11.1 Å². The van der Waals surface area contributed by atoms with Crippen LogP contribution >= 0.6 is 23.4 Å². The number of rotatable bonds is 8. The number of ether oxygens (including phenoxy) is 2. The summed E-state index contributed by atoms with van der Waals surface area (Å²) in [5.74, 6) is 1.62. The van der Waals surface area contributed by atoms with Gasteiger partial charge in [0, 0.05) is 6.07 Å². The first kappa shape index (κ1) is 21.7. The molecule has 0 saturated heterocycles. The van der Waals surface area contributed by atoms with E-state index < -0.39 is 0 Å². The van der Waals surface area contributed by atoms with Gasteiger partial charge in [-0.05, 0) is 30.3 Å². The molecule has 3 heterocycles. The Morgan fingerprint density at radius 1 is 1.03 bits per heavy atom. The molecule has 0 bridgehead atoms. The number of nitrogens with zero attached hydrogens (tertiary/aromatic N) is 3. The second-order valence-electron chi connectivity index (χ2n) is 6.27. The van der Waals surface area contributed by atoms with Crippen LogP contribution in [0.2, 0.25) is 5.02 Å². The third-order valence-corrected chi connectivity index (χ3v) is 5.39. The zero-order valence-corrected chi connectivity index (χ0v) is 18.6. The minimum absolute atomic E-state index is 0.0339. The lowest BCUT2D eigenvalue weighted by atomic mass is 10.2. The van der Waals surface area contributed by atoms with Crippen LogP contribution in [0.15, 0.2) is 62.9 Å². The Kier molecular flexibility index (Phi) is 6.62. The molecule has 1 N–H and O–H groups in total. The van der Waals surface area contributed by atoms with Crippen molar-refractivity contribution in [1.29, 1.82) is 0 Å². The van der Waals surface area contributed by atoms with Crippen molar-refractivity contribution in [3.63, 3.8) is 0 Å². The van der Waals surface area contributed by atoms with E-state index in [4.69, 9.17) is 29.9 Å². The van der Waals surface area contributed by atoms with Crippen molar-refractivity contribution in [2.75, 3.05) is 25.3 Å². The number of nitrogens with one attached hydrogen (secondary N) is 1. The number of thioether (sulfide) groups is 1. The Morgan fingerprint density at radius 3 is 2.34 bits per heavy atom. The van der Waals surface area contributed by atoms with Gasteiger partial charge in [0.25, 0.3) is 0 Å². The highest BCUT2D eigenvalue weighted by atomic mass is 35.5. The second kappa shape index (κ2) is 9.75. The summed E-state index contributed by atoms with van der Waals surface area (Å²) in [5.41, 5.74) is 1.33. The minimum atomic E-state index is -0.298. The number of furan rings is 2. The summed E-state index contributed by atoms with van der Waals surface area (Å²) >= 11 is 7.28. The number of halogens is 1. The molecule has 0 spiro atoms. The molecule has 0 aliphatic heterocycles. The number of amides is 1. The lowest BCUT2D eigenvalue weighted by molar-refractivity contribution is -0.113. The summed E-state index contributed by atoms with van der Waals surface area (Å²) < 4.78 is 21.4. The first-order chi connectivity index (χ1) is 15.6. The van der Waals surface area contributed by atoms with Gasteiger partial charge in [0.1, 0.15) is 17.2 Å². The van der Waals surface area contributed by atoms with E-state index in [1.807, 2.05) is 0 Å². The number of carbonyl (C=O) groups excluding carboxylic acids is 1. The van der Waals surface area contributed by atoms with Crippen LogP contribution in [0.3, 0.4) is 0 Å². The normalized spacial score (nSPS) is 10.7. The van der Waals surface area contributed by atoms with Crippen molar-refractivity contribution in [2.45, 2.75) is 5.16 Å². The van der Waals surface area contributed by atoms with Gasteiger partial charge in [0.15, 0.2) is 17.2 Å². The maximum absolute atomic E-state index is 12.5. The van der Waals surface area contributed by atoms with E-state index in [0.717, 1.165) is 11.8 Å². The lowest BCUT2D eigenvalue weighted by Crippen LogP contribution is -2.15. The third-order valence-electron chi connectivity index (χ3n) is 4.26. The molecule has 0 aliphatic carbocycles. The minimum Gasteiger partial charge on any atom is -0.495 e. The number of carbonyl (C=O) groups is 1. The maximum Gasteiger partial charge on any atom is 0.234 e. The Morgan fingerprint density at radius 2 is 1.72 bits per heavy atom. The first-order valence-electron chi connectivity index (χ1n) is 9.25. The van der Waals surface area contributed by atoms with Crippen LogP contribution in [0.1, 0.15) is 0 Å². The van der Waals surface area contributed by atoms with Gasteiger partial charge in [-0.15, -0.1) is 10.2 Å². The largest absolute Gasteiger partial charge is 0.495 e. The van der Waals surface area contributed by atoms with Crippen molar-refractivity contribution in [3.8, 4) is 34.4 Å². The quantitative estimate of drug-likeness (QED) is 0.361. The fraction of sp³-hybridized carbons (Fsp3) is 0.143. The van der Waals surface area contributed by atoms with E-state index >= 15 is 0 Å². The van der Waals surface area contributed by atoms with Crippen molar-refractivity contribution >= 4 is 35.0 Å². The van der Waals surface area contributed by atoms with Crippen molar-refractivity contribution in [1.82, 2.24) is 15.2 Å². The van der Waals surface area contributed by atoms with Gasteiger partial charge >= 0.3 is 0 Å². The van der Waals surface area contributed by atoms with Crippen LogP contribution in [-0.4, -0.2) is 41.1 Å². The van der Waals surface area contributed by atoms with E-state index in [1.165, 1.54) is 26.7 Å². The SMILES string of the molecule is COc1cc(OC)c(NC(=O)CSc2nnc(-c3ccco3)c(-c3ccco3)n2)cc1Cl. The number of benzene rings is 1. The molecule has 1 amide bonds. The zero-order valence-electron chi connectivity index (χ0n) is 17.0. The molecule has 1 aromatic carbocycles. The van der Waals surface area contributed by atoms with Crippen molar-refractivity contribution in [3.05, 3.63) is 53.9 Å². The average Bonchev–Trinajstić information content (AvgIpc) is 3.52. The molecular weight excluding hydrogens is 456 g/mol. The molecule has 0 atom stereocenters. The van der Waals surface area contributed by atoms with Crippen LogP contribution in [0.5, 0.6) is 11.5 Å². The average molecular weight is 473 g/mol. The molecule has 3 aromatic heterocycles. The van der Waals surface area contributed by atoms with Gasteiger partial charge in [-0.3, -0.25) is 4.79 Å². The number of anilines is 1. The summed E-state index contributed by atoms with van der Waals surface area (Å²) in [6.07, 6.45) is 3.08. The second-order valence-corrected chi connectivity index (χ2v) is 7.62. The van der Waals surface area contributed by atoms with Crippen molar-refractivity contribution in [2.24, 2.45) is 0 Å². The number of hydrogen-bond donors (Lipinski definition) is 1. The van der Waals surface area contributed by atoms with Crippen LogP contribution in [0.4, 0.5) is 5.69 Å². The predicted octanol–water partition coefficient (Wildman–Crippen LogP) is 4.79. The van der Waals surface area contributed by atoms with Gasteiger partial charge in [0.05, 0.1) is 43.2 Å². The Bertz CT molecular complexity index is 1220. The molecule has 0 fully saturated rings. The molecular formula is C21H17ClN4O5S. The Hall–Kier alpha value is -3.50. The molecule has 32 heavy (non-hydrogen) atoms. The lowest BCUT2D eigenvalue weighted by Gasteiger charge is -2.13. The van der Waals surface area contributed by atoms with E-state index in [2.05, 4.69) is 20.5 Å². The van der Waals surface area contributed by atoms with Gasteiger partial charge in [-0.25, -0.2) is 4.98 Å². The smallest absolute Gasteiger partial charge is 0.234 e. The summed E-state index contributed by atoms with van der Waals surface area (Å²) in [6.45, 7) is 0. The summed E-state index contributed by atoms with van der Waals surface area (Å²) in [6, 6.07) is 10.2. The highest BCUT2D eigenvalue weighted by molar-refractivity contribution is 7.99. The summed E-state index contributed by atoms with van der Waals surface area (Å²) in [5, 5.41) is 11.8. The molecule has 9 nitrogen and oxygen atoms in total. The fourth-order valence-electron chi connectivity index (χ4n) is 2.81. The topological polar surface area (TPSA) is 113 Å². The Balaban J connectivity index is 1.50. The molecule has 4 rings (SSSR count). The molecule has 4 aromatic rings. The highest BCUT2D eigenvalue weighted by Gasteiger charge is 2.19. The van der Waals surface area contributed by atoms with Crippen molar-refractivity contribution < 1.29 is 23.1 Å². The maximum atomic E-state index is 12.5. The summed E-state index contributed by atoms with van der Waals surface area (Å²) in [4.78, 5) is 17.0. The predicted molar refractivity (Wildman–Crippen MR) is 119 cm³/mol. The molecule has 0 radical (unpaired) electrons. The van der Waals surface area contributed by atoms with E-state index in [-0.39, 0.29) is 11.7 Å².